The van der Waals surface area contributed by atoms with Gasteiger partial charge in [-0.15, -0.1) is 0 Å². The smallest absolute Gasteiger partial charge is 0.230 e. The third-order valence-electron chi connectivity index (χ3n) is 4.05. The normalized spacial score (nSPS) is 16.4. The number of nitrogens with one attached hydrogen (secondary N) is 1. The molecule has 2 rings (SSSR count). The van der Waals surface area contributed by atoms with Crippen molar-refractivity contribution in [3.05, 3.63) is 29.3 Å². The van der Waals surface area contributed by atoms with Gasteiger partial charge in [-0.1, -0.05) is 37.7 Å². The minimum absolute atomic E-state index is 0.0971. The number of aryl methyl sites for hydroxylation is 1. The van der Waals surface area contributed by atoms with Gasteiger partial charge in [0.15, 0.2) is 0 Å². The average molecular weight is 271 g/mol. The summed E-state index contributed by atoms with van der Waals surface area (Å²) in [6, 6.07) is 5.71. The van der Waals surface area contributed by atoms with Crippen molar-refractivity contribution in [2.45, 2.75) is 39.5 Å². The van der Waals surface area contributed by atoms with Crippen LogP contribution in [0, 0.1) is 24.2 Å². The lowest BCUT2D eigenvalue weighted by atomic mass is 9.88. The van der Waals surface area contributed by atoms with Crippen molar-refractivity contribution in [2.75, 3.05) is 11.9 Å². The number of carbonyl (C=O) groups excluding carboxylic acids is 1. The predicted octanol–water partition coefficient (Wildman–Crippen LogP) is 2.86. The van der Waals surface area contributed by atoms with Crippen LogP contribution in [0.5, 0.6) is 0 Å². The van der Waals surface area contributed by atoms with E-state index >= 15 is 0 Å². The third-order valence-corrected chi connectivity index (χ3v) is 4.05. The van der Waals surface area contributed by atoms with Gasteiger partial charge in [0.1, 0.15) is 6.61 Å². The largest absolute Gasteiger partial charge is 0.384 e. The SMILES string of the molecule is Cc1ccc(NC(=O)C2(C)CCCC2)cc1C#CCO. The van der Waals surface area contributed by atoms with Crippen LogP contribution >= 0.6 is 0 Å². The summed E-state index contributed by atoms with van der Waals surface area (Å²) in [4.78, 5) is 12.4. The molecule has 0 radical (unpaired) electrons. The molecule has 0 saturated heterocycles. The second-order valence-electron chi connectivity index (χ2n) is 5.71. The maximum atomic E-state index is 12.4. The van der Waals surface area contributed by atoms with E-state index < -0.39 is 0 Å². The molecule has 0 atom stereocenters. The lowest BCUT2D eigenvalue weighted by Crippen LogP contribution is -2.30. The van der Waals surface area contributed by atoms with E-state index in [1.54, 1.807) is 0 Å². The van der Waals surface area contributed by atoms with Crippen molar-refractivity contribution in [1.82, 2.24) is 0 Å². The van der Waals surface area contributed by atoms with Crippen LogP contribution in [0.25, 0.3) is 0 Å². The molecule has 106 valence electrons. The molecule has 0 aliphatic heterocycles. The number of amides is 1. The van der Waals surface area contributed by atoms with Gasteiger partial charge < -0.3 is 10.4 Å². The van der Waals surface area contributed by atoms with Crippen molar-refractivity contribution in [3.8, 4) is 11.8 Å². The molecule has 1 saturated carbocycles. The summed E-state index contributed by atoms with van der Waals surface area (Å²) in [6.07, 6.45) is 4.18. The van der Waals surface area contributed by atoms with Gasteiger partial charge in [-0.2, -0.15) is 0 Å². The van der Waals surface area contributed by atoms with Crippen LogP contribution in [0.15, 0.2) is 18.2 Å². The Morgan fingerprint density at radius 2 is 2.10 bits per heavy atom. The topological polar surface area (TPSA) is 49.3 Å². The highest BCUT2D eigenvalue weighted by Crippen LogP contribution is 2.38. The maximum Gasteiger partial charge on any atom is 0.230 e. The molecule has 0 unspecified atom stereocenters. The van der Waals surface area contributed by atoms with Gasteiger partial charge in [0.25, 0.3) is 0 Å². The molecular weight excluding hydrogens is 250 g/mol. The molecule has 0 bridgehead atoms. The first-order valence-electron chi connectivity index (χ1n) is 7.07. The molecular formula is C17H21NO2. The lowest BCUT2D eigenvalue weighted by Gasteiger charge is -2.22. The number of aliphatic hydroxyl groups excluding tert-OH is 1. The van der Waals surface area contributed by atoms with Crippen molar-refractivity contribution >= 4 is 11.6 Å². The van der Waals surface area contributed by atoms with E-state index in [2.05, 4.69) is 17.2 Å². The van der Waals surface area contributed by atoms with Gasteiger partial charge in [-0.25, -0.2) is 0 Å². The minimum atomic E-state index is -0.234. The fourth-order valence-corrected chi connectivity index (χ4v) is 2.63. The van der Waals surface area contributed by atoms with Crippen LogP contribution < -0.4 is 5.32 Å². The number of hydrogen-bond acceptors (Lipinski definition) is 2. The molecule has 3 heteroatoms. The van der Waals surface area contributed by atoms with Crippen molar-refractivity contribution < 1.29 is 9.90 Å². The van der Waals surface area contributed by atoms with Gasteiger partial charge in [0, 0.05) is 16.7 Å². The van der Waals surface area contributed by atoms with Crippen molar-refractivity contribution in [3.63, 3.8) is 0 Å². The maximum absolute atomic E-state index is 12.4. The standard InChI is InChI=1S/C17H21NO2/c1-13-7-8-15(12-14(13)6-5-11-19)18-16(20)17(2)9-3-4-10-17/h7-8,12,19H,3-4,9-11H2,1-2H3,(H,18,20). The highest BCUT2D eigenvalue weighted by Gasteiger charge is 2.36. The van der Waals surface area contributed by atoms with E-state index in [9.17, 15) is 4.79 Å². The monoisotopic (exact) mass is 271 g/mol. The molecule has 1 amide bonds. The Balaban J connectivity index is 2.15. The predicted molar refractivity (Wildman–Crippen MR) is 80.3 cm³/mol. The van der Waals surface area contributed by atoms with Crippen LogP contribution in [-0.4, -0.2) is 17.6 Å². The zero-order valence-corrected chi connectivity index (χ0v) is 12.1. The van der Waals surface area contributed by atoms with E-state index in [4.69, 9.17) is 5.11 Å². The molecule has 1 fully saturated rings. The zero-order chi connectivity index (χ0) is 14.6. The number of hydrogen-bond donors (Lipinski definition) is 2. The van der Waals surface area contributed by atoms with Crippen LogP contribution in [0.1, 0.15) is 43.7 Å². The number of rotatable bonds is 2. The third kappa shape index (κ3) is 3.20. The Labute approximate surface area is 120 Å². The fraction of sp³-hybridized carbons (Fsp3) is 0.471. The summed E-state index contributed by atoms with van der Waals surface area (Å²) in [6.45, 7) is 3.84. The Hall–Kier alpha value is -1.79. The number of benzene rings is 1. The highest BCUT2D eigenvalue weighted by molar-refractivity contribution is 5.95. The van der Waals surface area contributed by atoms with Crippen LogP contribution in [-0.2, 0) is 4.79 Å². The number of carbonyl (C=O) groups is 1. The summed E-state index contributed by atoms with van der Waals surface area (Å²) < 4.78 is 0. The van der Waals surface area contributed by atoms with E-state index in [0.29, 0.717) is 0 Å². The molecule has 0 heterocycles. The van der Waals surface area contributed by atoms with Crippen LogP contribution in [0.3, 0.4) is 0 Å². The Morgan fingerprint density at radius 1 is 1.40 bits per heavy atom. The van der Waals surface area contributed by atoms with Gasteiger partial charge in [0.2, 0.25) is 5.91 Å². The van der Waals surface area contributed by atoms with E-state index in [1.165, 1.54) is 0 Å². The number of anilines is 1. The fourth-order valence-electron chi connectivity index (χ4n) is 2.63. The van der Waals surface area contributed by atoms with E-state index in [0.717, 1.165) is 42.5 Å². The molecule has 1 aromatic rings. The summed E-state index contributed by atoms with van der Waals surface area (Å²) >= 11 is 0. The van der Waals surface area contributed by atoms with Crippen LogP contribution in [0.2, 0.25) is 0 Å². The molecule has 1 aliphatic carbocycles. The van der Waals surface area contributed by atoms with E-state index in [1.807, 2.05) is 32.0 Å². The first kappa shape index (κ1) is 14.6. The van der Waals surface area contributed by atoms with Gasteiger partial charge in [-0.3, -0.25) is 4.79 Å². The first-order valence-corrected chi connectivity index (χ1v) is 7.07. The first-order chi connectivity index (χ1) is 9.55. The molecule has 20 heavy (non-hydrogen) atoms. The van der Waals surface area contributed by atoms with Crippen LogP contribution in [0.4, 0.5) is 5.69 Å². The summed E-state index contributed by atoms with van der Waals surface area (Å²) in [7, 11) is 0. The number of aliphatic hydroxyl groups is 1. The minimum Gasteiger partial charge on any atom is -0.384 e. The van der Waals surface area contributed by atoms with Gasteiger partial charge in [0.05, 0.1) is 0 Å². The molecule has 1 aliphatic rings. The molecule has 1 aromatic carbocycles. The molecule has 2 N–H and O–H groups in total. The summed E-state index contributed by atoms with van der Waals surface area (Å²) in [5, 5.41) is 11.8. The molecule has 0 spiro atoms. The summed E-state index contributed by atoms with van der Waals surface area (Å²) in [5.41, 5.74) is 2.42. The average Bonchev–Trinajstić information content (AvgIpc) is 2.87. The molecule has 3 nitrogen and oxygen atoms in total. The lowest BCUT2D eigenvalue weighted by molar-refractivity contribution is -0.124. The van der Waals surface area contributed by atoms with E-state index in [-0.39, 0.29) is 17.9 Å². The van der Waals surface area contributed by atoms with Gasteiger partial charge in [-0.05, 0) is 37.5 Å². The zero-order valence-electron chi connectivity index (χ0n) is 12.1. The second-order valence-corrected chi connectivity index (χ2v) is 5.71. The summed E-state index contributed by atoms with van der Waals surface area (Å²) in [5.74, 6) is 5.64. The Kier molecular flexibility index (Phi) is 4.46. The van der Waals surface area contributed by atoms with Crippen molar-refractivity contribution in [2.24, 2.45) is 5.41 Å². The Morgan fingerprint density at radius 3 is 2.75 bits per heavy atom. The molecule has 0 aromatic heterocycles. The Bertz CT molecular complexity index is 560. The second kappa shape index (κ2) is 6.11. The quantitative estimate of drug-likeness (QED) is 0.813. The van der Waals surface area contributed by atoms with Crippen molar-refractivity contribution in [1.29, 1.82) is 0 Å². The van der Waals surface area contributed by atoms with Gasteiger partial charge >= 0.3 is 0 Å². The highest BCUT2D eigenvalue weighted by atomic mass is 16.2.